The first-order valence-electron chi connectivity index (χ1n) is 5.74. The van der Waals surface area contributed by atoms with Gasteiger partial charge in [-0.3, -0.25) is 4.79 Å². The van der Waals surface area contributed by atoms with Crippen LogP contribution in [0.15, 0.2) is 18.6 Å². The number of amides is 1. The lowest BCUT2D eigenvalue weighted by molar-refractivity contribution is -0.118. The van der Waals surface area contributed by atoms with Crippen LogP contribution in [0, 0.1) is 0 Å². The minimum Gasteiger partial charge on any atom is -0.372 e. The van der Waals surface area contributed by atoms with Gasteiger partial charge in [-0.15, -0.1) is 0 Å². The van der Waals surface area contributed by atoms with Crippen LogP contribution in [0.25, 0.3) is 5.65 Å². The lowest BCUT2D eigenvalue weighted by Crippen LogP contribution is -2.13. The summed E-state index contributed by atoms with van der Waals surface area (Å²) in [6.45, 7) is 0.631. The molecule has 0 unspecified atom stereocenters. The fourth-order valence-electron chi connectivity index (χ4n) is 1.64. The zero-order valence-corrected chi connectivity index (χ0v) is 10.2. The maximum absolute atomic E-state index is 10.6. The Bertz CT molecular complexity index is 549. The Balaban J connectivity index is 2.10. The van der Waals surface area contributed by atoms with Gasteiger partial charge in [0.2, 0.25) is 5.91 Å². The summed E-state index contributed by atoms with van der Waals surface area (Å²) >= 11 is 0. The second kappa shape index (κ2) is 5.35. The normalized spacial score (nSPS) is 10.5. The SMILES string of the molecule is CNc1cn2ccnc2c(NCCCC(N)=O)n1. The molecule has 0 aliphatic carbocycles. The summed E-state index contributed by atoms with van der Waals surface area (Å²) in [5.74, 6) is 1.15. The van der Waals surface area contributed by atoms with Crippen molar-refractivity contribution in [1.82, 2.24) is 14.4 Å². The molecule has 0 aliphatic heterocycles. The Morgan fingerprint density at radius 1 is 1.56 bits per heavy atom. The molecule has 0 atom stereocenters. The van der Waals surface area contributed by atoms with Crippen molar-refractivity contribution >= 4 is 23.2 Å². The van der Waals surface area contributed by atoms with Gasteiger partial charge >= 0.3 is 0 Å². The van der Waals surface area contributed by atoms with Crippen LogP contribution in [-0.4, -0.2) is 33.9 Å². The smallest absolute Gasteiger partial charge is 0.217 e. The number of carbonyl (C=O) groups is 1. The van der Waals surface area contributed by atoms with Gasteiger partial charge in [0.25, 0.3) is 0 Å². The van der Waals surface area contributed by atoms with Crippen molar-refractivity contribution in [3.05, 3.63) is 18.6 Å². The molecule has 1 amide bonds. The third-order valence-electron chi connectivity index (χ3n) is 2.52. The van der Waals surface area contributed by atoms with Crippen molar-refractivity contribution in [2.75, 3.05) is 24.2 Å². The second-order valence-electron chi connectivity index (χ2n) is 3.88. The monoisotopic (exact) mass is 248 g/mol. The molecule has 2 rings (SSSR count). The molecule has 0 radical (unpaired) electrons. The molecule has 18 heavy (non-hydrogen) atoms. The molecule has 2 aromatic rings. The first kappa shape index (κ1) is 12.2. The summed E-state index contributed by atoms with van der Waals surface area (Å²) < 4.78 is 1.88. The van der Waals surface area contributed by atoms with E-state index in [0.29, 0.717) is 25.2 Å². The summed E-state index contributed by atoms with van der Waals surface area (Å²) in [7, 11) is 1.81. The number of rotatable bonds is 6. The highest BCUT2D eigenvalue weighted by Crippen LogP contribution is 2.15. The van der Waals surface area contributed by atoms with E-state index in [1.807, 2.05) is 23.8 Å². The number of carbonyl (C=O) groups excluding carboxylic acids is 1. The van der Waals surface area contributed by atoms with Crippen molar-refractivity contribution in [2.24, 2.45) is 5.73 Å². The van der Waals surface area contributed by atoms with Crippen LogP contribution in [0.4, 0.5) is 11.6 Å². The van der Waals surface area contributed by atoms with Crippen molar-refractivity contribution in [3.8, 4) is 0 Å². The Labute approximate surface area is 104 Å². The summed E-state index contributed by atoms with van der Waals surface area (Å²) in [5.41, 5.74) is 5.84. The average Bonchev–Trinajstić information content (AvgIpc) is 2.82. The van der Waals surface area contributed by atoms with Gasteiger partial charge in [-0.05, 0) is 6.42 Å². The number of anilines is 2. The van der Waals surface area contributed by atoms with Crippen LogP contribution in [0.2, 0.25) is 0 Å². The van der Waals surface area contributed by atoms with Gasteiger partial charge in [-0.25, -0.2) is 9.97 Å². The molecule has 0 aromatic carbocycles. The highest BCUT2D eigenvalue weighted by molar-refractivity contribution is 5.73. The van der Waals surface area contributed by atoms with Crippen LogP contribution >= 0.6 is 0 Å². The topological polar surface area (TPSA) is 97.3 Å². The van der Waals surface area contributed by atoms with E-state index in [4.69, 9.17) is 5.73 Å². The molecule has 0 saturated carbocycles. The van der Waals surface area contributed by atoms with Crippen molar-refractivity contribution in [2.45, 2.75) is 12.8 Å². The van der Waals surface area contributed by atoms with Gasteiger partial charge < -0.3 is 20.8 Å². The first-order valence-corrected chi connectivity index (χ1v) is 5.74. The van der Waals surface area contributed by atoms with Crippen molar-refractivity contribution < 1.29 is 4.79 Å². The van der Waals surface area contributed by atoms with E-state index in [2.05, 4.69) is 20.6 Å². The Morgan fingerprint density at radius 3 is 3.11 bits per heavy atom. The number of hydrogen-bond donors (Lipinski definition) is 3. The van der Waals surface area contributed by atoms with Crippen LogP contribution in [-0.2, 0) is 4.79 Å². The Hall–Kier alpha value is -2.31. The van der Waals surface area contributed by atoms with E-state index >= 15 is 0 Å². The van der Waals surface area contributed by atoms with E-state index in [9.17, 15) is 4.79 Å². The number of fused-ring (bicyclic) bond motifs is 1. The Kier molecular flexibility index (Phi) is 3.61. The van der Waals surface area contributed by atoms with Gasteiger partial charge in [0.1, 0.15) is 5.82 Å². The number of hydrogen-bond acceptors (Lipinski definition) is 5. The molecule has 7 nitrogen and oxygen atoms in total. The predicted molar refractivity (Wildman–Crippen MR) is 69.5 cm³/mol. The van der Waals surface area contributed by atoms with Crippen LogP contribution in [0.5, 0.6) is 0 Å². The number of imidazole rings is 1. The standard InChI is InChI=1S/C11H16N6O/c1-13-9-7-17-6-5-15-11(17)10(16-9)14-4-2-3-8(12)18/h5-7,13H,2-4H2,1H3,(H2,12,18)(H,14,16). The highest BCUT2D eigenvalue weighted by atomic mass is 16.1. The third kappa shape index (κ3) is 2.68. The number of nitrogens with two attached hydrogens (primary N) is 1. The zero-order chi connectivity index (χ0) is 13.0. The molecule has 2 heterocycles. The number of nitrogens with zero attached hydrogens (tertiary/aromatic N) is 3. The van der Waals surface area contributed by atoms with Crippen molar-refractivity contribution in [3.63, 3.8) is 0 Å². The van der Waals surface area contributed by atoms with Gasteiger partial charge in [0, 0.05) is 32.4 Å². The number of nitrogens with one attached hydrogen (secondary N) is 2. The summed E-state index contributed by atoms with van der Waals surface area (Å²) in [6.07, 6.45) is 6.46. The van der Waals surface area contributed by atoms with Crippen molar-refractivity contribution in [1.29, 1.82) is 0 Å². The van der Waals surface area contributed by atoms with E-state index in [0.717, 1.165) is 11.5 Å². The molecule has 7 heteroatoms. The highest BCUT2D eigenvalue weighted by Gasteiger charge is 2.06. The summed E-state index contributed by atoms with van der Waals surface area (Å²) in [5, 5.41) is 6.15. The van der Waals surface area contributed by atoms with Crippen LogP contribution in [0.3, 0.4) is 0 Å². The average molecular weight is 248 g/mol. The van der Waals surface area contributed by atoms with Gasteiger partial charge in [-0.1, -0.05) is 0 Å². The molecule has 0 spiro atoms. The first-order chi connectivity index (χ1) is 8.70. The third-order valence-corrected chi connectivity index (χ3v) is 2.52. The number of primary amides is 1. The fraction of sp³-hybridized carbons (Fsp3) is 0.364. The van der Waals surface area contributed by atoms with E-state index < -0.39 is 0 Å². The quantitative estimate of drug-likeness (QED) is 0.645. The van der Waals surface area contributed by atoms with Crippen LogP contribution < -0.4 is 16.4 Å². The summed E-state index contributed by atoms with van der Waals surface area (Å²) in [6, 6.07) is 0. The molecule has 0 bridgehead atoms. The molecular weight excluding hydrogens is 232 g/mol. The zero-order valence-electron chi connectivity index (χ0n) is 10.2. The van der Waals surface area contributed by atoms with E-state index in [1.54, 1.807) is 6.20 Å². The maximum Gasteiger partial charge on any atom is 0.217 e. The van der Waals surface area contributed by atoms with Gasteiger partial charge in [-0.2, -0.15) is 0 Å². The molecule has 96 valence electrons. The maximum atomic E-state index is 10.6. The molecule has 4 N–H and O–H groups in total. The molecule has 0 aliphatic rings. The minimum atomic E-state index is -0.292. The molecule has 2 aromatic heterocycles. The Morgan fingerprint density at radius 2 is 2.39 bits per heavy atom. The second-order valence-corrected chi connectivity index (χ2v) is 3.88. The minimum absolute atomic E-state index is 0.292. The largest absolute Gasteiger partial charge is 0.372 e. The predicted octanol–water partition coefficient (Wildman–Crippen LogP) is 0.448. The molecule has 0 saturated heterocycles. The lowest BCUT2D eigenvalue weighted by atomic mass is 10.3. The molecular formula is C11H16N6O. The van der Waals surface area contributed by atoms with E-state index in [-0.39, 0.29) is 5.91 Å². The van der Waals surface area contributed by atoms with Crippen LogP contribution in [0.1, 0.15) is 12.8 Å². The van der Waals surface area contributed by atoms with Gasteiger partial charge in [0.05, 0.1) is 6.20 Å². The van der Waals surface area contributed by atoms with E-state index in [1.165, 1.54) is 0 Å². The lowest BCUT2D eigenvalue weighted by Gasteiger charge is -2.08. The number of aromatic nitrogens is 3. The van der Waals surface area contributed by atoms with Gasteiger partial charge in [0.15, 0.2) is 11.5 Å². The summed E-state index contributed by atoms with van der Waals surface area (Å²) in [4.78, 5) is 19.2. The molecule has 0 fully saturated rings. The fourth-order valence-corrected chi connectivity index (χ4v) is 1.64.